The largest absolute Gasteiger partial charge is 0.463 e. The number of hydrogen-bond donors (Lipinski definition) is 0. The summed E-state index contributed by atoms with van der Waals surface area (Å²) in [4.78, 5) is 9.76. The maximum Gasteiger partial charge on any atom is 0.293 e. The third-order valence-corrected chi connectivity index (χ3v) is 2.12. The summed E-state index contributed by atoms with van der Waals surface area (Å²) in [6.45, 7) is 4.44. The van der Waals surface area contributed by atoms with Gasteiger partial charge < -0.3 is 4.74 Å². The summed E-state index contributed by atoms with van der Waals surface area (Å²) < 4.78 is 4.54. The van der Waals surface area contributed by atoms with Crippen LogP contribution in [0.4, 0.5) is 0 Å². The van der Waals surface area contributed by atoms with Gasteiger partial charge in [-0.15, -0.1) is 6.58 Å². The lowest BCUT2D eigenvalue weighted by Crippen LogP contribution is -1.88. The lowest BCUT2D eigenvalue weighted by molar-refractivity contribution is -0.129. The van der Waals surface area contributed by atoms with Gasteiger partial charge >= 0.3 is 0 Å². The van der Waals surface area contributed by atoms with Gasteiger partial charge in [0.1, 0.15) is 6.61 Å². The van der Waals surface area contributed by atoms with Crippen LogP contribution in [0.1, 0.15) is 18.4 Å². The normalized spacial score (nSPS) is 13.3. The predicted molar refractivity (Wildman–Crippen MR) is 60.2 cm³/mol. The van der Waals surface area contributed by atoms with Gasteiger partial charge in [-0.05, 0) is 24.3 Å². The van der Waals surface area contributed by atoms with Crippen LogP contribution < -0.4 is 0 Å². The Morgan fingerprint density at radius 3 is 2.40 bits per heavy atom. The van der Waals surface area contributed by atoms with Gasteiger partial charge in [-0.3, -0.25) is 4.79 Å². The molecule has 80 valence electrons. The van der Waals surface area contributed by atoms with Crippen LogP contribution in [0.25, 0.3) is 0 Å². The Hall–Kier alpha value is -1.57. The van der Waals surface area contributed by atoms with Gasteiger partial charge in [0.2, 0.25) is 0 Å². The highest BCUT2D eigenvalue weighted by Crippen LogP contribution is 2.28. The molecule has 0 radical (unpaired) electrons. The van der Waals surface area contributed by atoms with Crippen LogP contribution in [0.5, 0.6) is 0 Å². The maximum absolute atomic E-state index is 9.76. The van der Waals surface area contributed by atoms with Gasteiger partial charge in [0.25, 0.3) is 6.47 Å². The molecule has 0 aromatic heterocycles. The molecule has 1 aromatic carbocycles. The number of carbonyl (C=O) groups excluding carboxylic acids is 1. The summed E-state index contributed by atoms with van der Waals surface area (Å²) in [5.74, 6) is 0.898. The van der Waals surface area contributed by atoms with E-state index in [1.807, 2.05) is 36.4 Å². The highest BCUT2D eigenvalue weighted by atomic mass is 16.5. The molecular formula is C13H16O2. The Kier molecular flexibility index (Phi) is 5.23. The van der Waals surface area contributed by atoms with Crippen LogP contribution in [0.15, 0.2) is 43.0 Å². The molecule has 0 spiro atoms. The molecule has 0 amide bonds. The van der Waals surface area contributed by atoms with Crippen LogP contribution in [-0.4, -0.2) is 6.47 Å². The molecule has 1 aromatic rings. The molecule has 0 unspecified atom stereocenters. The molecule has 0 atom stereocenters. The second-order valence-corrected chi connectivity index (χ2v) is 3.47. The Bertz CT molecular complexity index is 289. The smallest absolute Gasteiger partial charge is 0.293 e. The molecule has 15 heavy (non-hydrogen) atoms. The number of ether oxygens (including phenoxy) is 1. The van der Waals surface area contributed by atoms with E-state index in [2.05, 4.69) is 11.3 Å². The number of carbonyl (C=O) groups is 1. The molecule has 2 heteroatoms. The number of hydrogen-bond acceptors (Lipinski definition) is 2. The van der Waals surface area contributed by atoms with E-state index in [1.165, 1.54) is 12.8 Å². The Morgan fingerprint density at radius 1 is 1.33 bits per heavy atom. The highest BCUT2D eigenvalue weighted by Gasteiger charge is 2.15. The van der Waals surface area contributed by atoms with Gasteiger partial charge in [0.05, 0.1) is 0 Å². The quantitative estimate of drug-likeness (QED) is 0.556. The molecule has 0 aliphatic heterocycles. The van der Waals surface area contributed by atoms with Gasteiger partial charge in [0.15, 0.2) is 0 Å². The van der Waals surface area contributed by atoms with Crippen LogP contribution in [0, 0.1) is 5.92 Å². The van der Waals surface area contributed by atoms with E-state index in [4.69, 9.17) is 0 Å². The summed E-state index contributed by atoms with van der Waals surface area (Å²) in [7, 11) is 0. The van der Waals surface area contributed by atoms with Gasteiger partial charge in [-0.25, -0.2) is 0 Å². The van der Waals surface area contributed by atoms with Gasteiger partial charge in [0, 0.05) is 0 Å². The lowest BCUT2D eigenvalue weighted by atomic mass is 10.2. The molecule has 0 heterocycles. The molecule has 1 aliphatic rings. The van der Waals surface area contributed by atoms with E-state index < -0.39 is 0 Å². The summed E-state index contributed by atoms with van der Waals surface area (Å²) >= 11 is 0. The van der Waals surface area contributed by atoms with Crippen molar-refractivity contribution in [2.45, 2.75) is 19.4 Å². The minimum absolute atomic E-state index is 0.365. The van der Waals surface area contributed by atoms with Crippen molar-refractivity contribution >= 4 is 6.47 Å². The zero-order chi connectivity index (χ0) is 10.9. The predicted octanol–water partition coefficient (Wildman–Crippen LogP) is 2.94. The monoisotopic (exact) mass is 204 g/mol. The average molecular weight is 204 g/mol. The van der Waals surface area contributed by atoms with Crippen LogP contribution in [0.3, 0.4) is 0 Å². The summed E-state index contributed by atoms with van der Waals surface area (Å²) in [5, 5.41) is 0. The molecule has 2 rings (SSSR count). The van der Waals surface area contributed by atoms with Crippen molar-refractivity contribution in [3.63, 3.8) is 0 Å². The summed E-state index contributed by atoms with van der Waals surface area (Å²) in [6, 6.07) is 9.55. The molecule has 0 saturated heterocycles. The van der Waals surface area contributed by atoms with Crippen LogP contribution >= 0.6 is 0 Å². The minimum atomic E-state index is 0.365. The van der Waals surface area contributed by atoms with Crippen molar-refractivity contribution in [1.29, 1.82) is 0 Å². The molecule has 1 fully saturated rings. The number of benzene rings is 1. The van der Waals surface area contributed by atoms with Crippen molar-refractivity contribution in [2.75, 3.05) is 0 Å². The second kappa shape index (κ2) is 6.82. The molecule has 1 saturated carbocycles. The highest BCUT2D eigenvalue weighted by molar-refractivity contribution is 5.37. The van der Waals surface area contributed by atoms with Gasteiger partial charge in [-0.2, -0.15) is 0 Å². The molecule has 2 nitrogen and oxygen atoms in total. The van der Waals surface area contributed by atoms with Crippen molar-refractivity contribution in [2.24, 2.45) is 5.92 Å². The fraction of sp³-hybridized carbons (Fsp3) is 0.308. The fourth-order valence-electron chi connectivity index (χ4n) is 1.04. The molecular weight excluding hydrogens is 188 g/mol. The average Bonchev–Trinajstić information content (AvgIpc) is 3.12. The first kappa shape index (κ1) is 11.5. The Labute approximate surface area is 90.6 Å². The topological polar surface area (TPSA) is 26.3 Å². The van der Waals surface area contributed by atoms with Crippen LogP contribution in [-0.2, 0) is 16.1 Å². The van der Waals surface area contributed by atoms with E-state index in [1.54, 1.807) is 0 Å². The number of allylic oxidation sites excluding steroid dienone is 1. The van der Waals surface area contributed by atoms with Crippen molar-refractivity contribution in [3.8, 4) is 0 Å². The molecule has 1 aliphatic carbocycles. The van der Waals surface area contributed by atoms with E-state index in [-0.39, 0.29) is 0 Å². The van der Waals surface area contributed by atoms with E-state index in [0.29, 0.717) is 13.1 Å². The number of rotatable bonds is 4. The van der Waals surface area contributed by atoms with Crippen molar-refractivity contribution in [1.82, 2.24) is 0 Å². The zero-order valence-electron chi connectivity index (χ0n) is 8.76. The third kappa shape index (κ3) is 5.68. The first-order valence-corrected chi connectivity index (χ1v) is 5.08. The van der Waals surface area contributed by atoms with E-state index >= 15 is 0 Å². The molecule has 0 N–H and O–H groups in total. The van der Waals surface area contributed by atoms with Crippen LogP contribution in [0.2, 0.25) is 0 Å². The van der Waals surface area contributed by atoms with Crippen molar-refractivity contribution in [3.05, 3.63) is 48.6 Å². The summed E-state index contributed by atoms with van der Waals surface area (Å²) in [6.07, 6.45) is 4.81. The fourth-order valence-corrected chi connectivity index (χ4v) is 1.04. The van der Waals surface area contributed by atoms with E-state index in [0.717, 1.165) is 11.5 Å². The Balaban J connectivity index is 0.000000187. The SMILES string of the molecule is C=CC1CC1.O=COCc1ccccc1. The van der Waals surface area contributed by atoms with E-state index in [9.17, 15) is 4.79 Å². The second-order valence-electron chi connectivity index (χ2n) is 3.47. The maximum atomic E-state index is 9.76. The zero-order valence-corrected chi connectivity index (χ0v) is 8.76. The summed E-state index contributed by atoms with van der Waals surface area (Å²) in [5.41, 5.74) is 1.01. The minimum Gasteiger partial charge on any atom is -0.463 e. The standard InChI is InChI=1S/C8H8O2.C5H8/c9-7-10-6-8-4-2-1-3-5-8;1-2-5-3-4-5/h1-5,7H,6H2;2,5H,1,3-4H2. The van der Waals surface area contributed by atoms with Crippen molar-refractivity contribution < 1.29 is 9.53 Å². The third-order valence-electron chi connectivity index (χ3n) is 2.12. The lowest BCUT2D eigenvalue weighted by Gasteiger charge is -1.95. The first-order valence-electron chi connectivity index (χ1n) is 5.08. The Morgan fingerprint density at radius 2 is 2.00 bits per heavy atom. The molecule has 0 bridgehead atoms. The van der Waals surface area contributed by atoms with Gasteiger partial charge in [-0.1, -0.05) is 36.4 Å². The first-order chi connectivity index (χ1) is 7.36.